The third-order valence-corrected chi connectivity index (χ3v) is 4.89. The molecule has 2 rings (SSSR count). The lowest BCUT2D eigenvalue weighted by atomic mass is 10.2. The van der Waals surface area contributed by atoms with E-state index in [0.29, 0.717) is 5.56 Å². The molecule has 18 heavy (non-hydrogen) atoms. The smallest absolute Gasteiger partial charge is 0.262 e. The molecule has 0 saturated heterocycles. The highest BCUT2D eigenvalue weighted by Gasteiger charge is 2.22. The lowest BCUT2D eigenvalue weighted by Crippen LogP contribution is -2.29. The minimum Gasteiger partial charge on any atom is -0.284 e. The molecular formula is C12H16BrNO3S. The van der Waals surface area contributed by atoms with Crippen LogP contribution in [0.4, 0.5) is 0 Å². The third kappa shape index (κ3) is 3.32. The van der Waals surface area contributed by atoms with Crippen LogP contribution in [0.5, 0.6) is 0 Å². The molecule has 0 unspecified atom stereocenters. The summed E-state index contributed by atoms with van der Waals surface area (Å²) >= 11 is 3.27. The molecule has 1 aromatic rings. The van der Waals surface area contributed by atoms with E-state index in [1.165, 1.54) is 0 Å². The average Bonchev–Trinajstić information content (AvgIpc) is 2.83. The van der Waals surface area contributed by atoms with Gasteiger partial charge in [-0.05, 0) is 37.5 Å². The zero-order chi connectivity index (χ0) is 13.2. The Morgan fingerprint density at radius 1 is 1.33 bits per heavy atom. The van der Waals surface area contributed by atoms with Crippen LogP contribution in [0.3, 0.4) is 0 Å². The predicted octanol–water partition coefficient (Wildman–Crippen LogP) is 2.91. The number of nitrogens with one attached hydrogen (secondary N) is 1. The Morgan fingerprint density at radius 3 is 2.67 bits per heavy atom. The molecule has 1 aliphatic carbocycles. The van der Waals surface area contributed by atoms with Gasteiger partial charge in [-0.15, -0.1) is 0 Å². The summed E-state index contributed by atoms with van der Waals surface area (Å²) < 4.78 is 24.9. The zero-order valence-electron chi connectivity index (χ0n) is 10.1. The van der Waals surface area contributed by atoms with Gasteiger partial charge in [-0.3, -0.25) is 4.84 Å². The molecule has 0 radical (unpaired) electrons. The summed E-state index contributed by atoms with van der Waals surface area (Å²) in [7, 11) is -3.60. The first-order valence-corrected chi connectivity index (χ1v) is 8.20. The normalized spacial score (nSPS) is 17.2. The first kappa shape index (κ1) is 14.0. The van der Waals surface area contributed by atoms with Crippen LogP contribution in [0.2, 0.25) is 0 Å². The maximum Gasteiger partial charge on any atom is 0.262 e. The van der Waals surface area contributed by atoms with Crippen LogP contribution in [0.15, 0.2) is 27.6 Å². The largest absolute Gasteiger partial charge is 0.284 e. The summed E-state index contributed by atoms with van der Waals surface area (Å²) in [5, 5.41) is 0. The van der Waals surface area contributed by atoms with Crippen LogP contribution in [0.25, 0.3) is 0 Å². The molecule has 0 aromatic heterocycles. The van der Waals surface area contributed by atoms with Gasteiger partial charge in [-0.25, -0.2) is 8.42 Å². The Kier molecular flexibility index (Phi) is 4.42. The molecule has 0 heterocycles. The van der Waals surface area contributed by atoms with Crippen LogP contribution in [0, 0.1) is 6.92 Å². The van der Waals surface area contributed by atoms with Crippen molar-refractivity contribution in [2.45, 2.75) is 43.6 Å². The number of sulfonamides is 1. The highest BCUT2D eigenvalue weighted by Crippen LogP contribution is 2.23. The van der Waals surface area contributed by atoms with Gasteiger partial charge in [0.15, 0.2) is 0 Å². The van der Waals surface area contributed by atoms with Crippen LogP contribution in [-0.4, -0.2) is 14.5 Å². The summed E-state index contributed by atoms with van der Waals surface area (Å²) in [6.45, 7) is 1.76. The molecule has 0 amide bonds. The second-order valence-electron chi connectivity index (χ2n) is 4.52. The SMILES string of the molecule is Cc1ccc(Br)cc1S(=O)(=O)NOC1CCCC1. The van der Waals surface area contributed by atoms with Crippen molar-refractivity contribution in [2.24, 2.45) is 0 Å². The van der Waals surface area contributed by atoms with Crippen LogP contribution in [-0.2, 0) is 14.9 Å². The Balaban J connectivity index is 2.12. The summed E-state index contributed by atoms with van der Waals surface area (Å²) in [6.07, 6.45) is 4.04. The molecule has 1 aliphatic rings. The number of hydrogen-bond acceptors (Lipinski definition) is 3. The molecule has 6 heteroatoms. The van der Waals surface area contributed by atoms with Crippen molar-refractivity contribution in [1.82, 2.24) is 4.89 Å². The summed E-state index contributed by atoms with van der Waals surface area (Å²) in [5.41, 5.74) is 0.695. The molecule has 1 fully saturated rings. The Bertz CT molecular complexity index is 524. The Labute approximate surface area is 116 Å². The first-order chi connectivity index (χ1) is 8.49. The number of benzene rings is 1. The van der Waals surface area contributed by atoms with Crippen molar-refractivity contribution in [3.63, 3.8) is 0 Å². The van der Waals surface area contributed by atoms with E-state index in [1.807, 2.05) is 6.07 Å². The van der Waals surface area contributed by atoms with Gasteiger partial charge < -0.3 is 0 Å². The van der Waals surface area contributed by atoms with Crippen molar-refractivity contribution in [2.75, 3.05) is 0 Å². The highest BCUT2D eigenvalue weighted by atomic mass is 79.9. The minimum atomic E-state index is -3.60. The van der Waals surface area contributed by atoms with Gasteiger partial charge in [0.2, 0.25) is 0 Å². The van der Waals surface area contributed by atoms with Crippen LogP contribution < -0.4 is 4.89 Å². The number of rotatable bonds is 4. The fraction of sp³-hybridized carbons (Fsp3) is 0.500. The number of hydrogen-bond donors (Lipinski definition) is 1. The predicted molar refractivity (Wildman–Crippen MR) is 72.5 cm³/mol. The molecule has 1 N–H and O–H groups in total. The molecule has 0 aliphatic heterocycles. The fourth-order valence-corrected chi connectivity index (χ4v) is 3.69. The van der Waals surface area contributed by atoms with Crippen molar-refractivity contribution in [3.05, 3.63) is 28.2 Å². The lowest BCUT2D eigenvalue weighted by molar-refractivity contribution is 0.0223. The highest BCUT2D eigenvalue weighted by molar-refractivity contribution is 9.10. The van der Waals surface area contributed by atoms with Crippen molar-refractivity contribution >= 4 is 26.0 Å². The van der Waals surface area contributed by atoms with Gasteiger partial charge in [0.05, 0.1) is 11.0 Å². The zero-order valence-corrected chi connectivity index (χ0v) is 12.6. The summed E-state index contributed by atoms with van der Waals surface area (Å²) in [4.78, 5) is 7.75. The molecule has 1 saturated carbocycles. The van der Waals surface area contributed by atoms with Crippen LogP contribution >= 0.6 is 15.9 Å². The third-order valence-electron chi connectivity index (χ3n) is 3.07. The Morgan fingerprint density at radius 2 is 2.00 bits per heavy atom. The quantitative estimate of drug-likeness (QED) is 0.862. The van der Waals surface area contributed by atoms with E-state index in [-0.39, 0.29) is 11.0 Å². The van der Waals surface area contributed by atoms with Crippen LogP contribution in [0.1, 0.15) is 31.2 Å². The molecule has 4 nitrogen and oxygen atoms in total. The van der Waals surface area contributed by atoms with E-state index in [1.54, 1.807) is 19.1 Å². The lowest BCUT2D eigenvalue weighted by Gasteiger charge is -2.13. The van der Waals surface area contributed by atoms with E-state index < -0.39 is 10.0 Å². The van der Waals surface area contributed by atoms with Gasteiger partial charge >= 0.3 is 0 Å². The second-order valence-corrected chi connectivity index (χ2v) is 7.05. The van der Waals surface area contributed by atoms with E-state index in [4.69, 9.17) is 4.84 Å². The number of halogens is 1. The fourth-order valence-electron chi connectivity index (χ4n) is 2.05. The molecule has 100 valence electrons. The maximum atomic E-state index is 12.1. The van der Waals surface area contributed by atoms with Gasteiger partial charge in [-0.1, -0.05) is 39.7 Å². The molecule has 0 atom stereocenters. The van der Waals surface area contributed by atoms with Crippen molar-refractivity contribution in [3.8, 4) is 0 Å². The van der Waals surface area contributed by atoms with Crippen molar-refractivity contribution in [1.29, 1.82) is 0 Å². The standard InChI is InChI=1S/C12H16BrNO3S/c1-9-6-7-10(13)8-12(9)18(15,16)14-17-11-4-2-3-5-11/h6-8,11,14H,2-5H2,1H3. The topological polar surface area (TPSA) is 55.4 Å². The maximum absolute atomic E-state index is 12.1. The minimum absolute atomic E-state index is 0.00670. The van der Waals surface area contributed by atoms with E-state index in [0.717, 1.165) is 30.2 Å². The molecular weight excluding hydrogens is 318 g/mol. The van der Waals surface area contributed by atoms with E-state index in [2.05, 4.69) is 20.8 Å². The van der Waals surface area contributed by atoms with Crippen molar-refractivity contribution < 1.29 is 13.3 Å². The van der Waals surface area contributed by atoms with E-state index in [9.17, 15) is 8.42 Å². The van der Waals surface area contributed by atoms with E-state index >= 15 is 0 Å². The molecule has 0 bridgehead atoms. The average molecular weight is 334 g/mol. The van der Waals surface area contributed by atoms with Gasteiger partial charge in [0.25, 0.3) is 10.0 Å². The summed E-state index contributed by atoms with van der Waals surface area (Å²) in [6, 6.07) is 5.15. The Hall–Kier alpha value is -0.430. The first-order valence-electron chi connectivity index (χ1n) is 5.92. The summed E-state index contributed by atoms with van der Waals surface area (Å²) in [5.74, 6) is 0. The van der Waals surface area contributed by atoms with Gasteiger partial charge in [0.1, 0.15) is 0 Å². The monoisotopic (exact) mass is 333 g/mol. The van der Waals surface area contributed by atoms with Gasteiger partial charge in [0, 0.05) is 4.47 Å². The number of aryl methyl sites for hydroxylation is 1. The molecule has 1 aromatic carbocycles. The molecule has 0 spiro atoms. The van der Waals surface area contributed by atoms with Gasteiger partial charge in [-0.2, -0.15) is 0 Å². The second kappa shape index (κ2) is 5.69.